The SMILES string of the molecule is Clc1cccc2c1c(Cl)cc1c3ccc(-c4ccc5c(c4)oc4c6cccc(Cl)c6c(Cl)cc54)cc3oc21. The third-order valence-corrected chi connectivity index (χ3v) is 8.55. The molecule has 0 aliphatic carbocycles. The van der Waals surface area contributed by atoms with Gasteiger partial charge in [-0.1, -0.05) is 82.8 Å². The van der Waals surface area contributed by atoms with Gasteiger partial charge in [0.25, 0.3) is 0 Å². The molecule has 6 heteroatoms. The summed E-state index contributed by atoms with van der Waals surface area (Å²) in [5.41, 5.74) is 5.12. The number of halogens is 4. The Morgan fingerprint density at radius 2 is 0.842 bits per heavy atom. The molecule has 8 aromatic rings. The van der Waals surface area contributed by atoms with Crippen LogP contribution in [0.5, 0.6) is 0 Å². The maximum Gasteiger partial charge on any atom is 0.143 e. The fraction of sp³-hybridized carbons (Fsp3) is 0. The molecule has 0 aliphatic heterocycles. The highest BCUT2D eigenvalue weighted by molar-refractivity contribution is 6.45. The largest absolute Gasteiger partial charge is 0.455 e. The number of hydrogen-bond donors (Lipinski definition) is 0. The molecule has 182 valence electrons. The van der Waals surface area contributed by atoms with Gasteiger partial charge in [-0.25, -0.2) is 0 Å². The summed E-state index contributed by atoms with van der Waals surface area (Å²) in [4.78, 5) is 0. The first-order valence-corrected chi connectivity index (χ1v) is 13.5. The van der Waals surface area contributed by atoms with E-state index in [0.29, 0.717) is 20.1 Å². The van der Waals surface area contributed by atoms with E-state index in [2.05, 4.69) is 36.4 Å². The van der Waals surface area contributed by atoms with Crippen molar-refractivity contribution in [1.29, 1.82) is 0 Å². The Kier molecular flexibility index (Phi) is 4.78. The van der Waals surface area contributed by atoms with Gasteiger partial charge in [0.05, 0.1) is 20.1 Å². The zero-order chi connectivity index (χ0) is 25.7. The maximum absolute atomic E-state index is 6.62. The van der Waals surface area contributed by atoms with E-state index in [1.54, 1.807) is 0 Å². The van der Waals surface area contributed by atoms with Crippen LogP contribution in [0.1, 0.15) is 0 Å². The highest BCUT2D eigenvalue weighted by Gasteiger charge is 2.17. The average Bonchev–Trinajstić information content (AvgIpc) is 3.46. The van der Waals surface area contributed by atoms with E-state index in [0.717, 1.165) is 76.5 Å². The molecule has 0 radical (unpaired) electrons. The molecule has 0 atom stereocenters. The fourth-order valence-electron chi connectivity index (χ4n) is 5.59. The lowest BCUT2D eigenvalue weighted by Gasteiger charge is -2.04. The van der Waals surface area contributed by atoms with Crippen molar-refractivity contribution in [1.82, 2.24) is 0 Å². The summed E-state index contributed by atoms with van der Waals surface area (Å²) in [5, 5.41) is 9.72. The molecule has 0 spiro atoms. The molecule has 0 saturated carbocycles. The topological polar surface area (TPSA) is 26.3 Å². The van der Waals surface area contributed by atoms with Crippen molar-refractivity contribution < 1.29 is 8.83 Å². The lowest BCUT2D eigenvalue weighted by molar-refractivity contribution is 0.672. The van der Waals surface area contributed by atoms with Gasteiger partial charge in [0.2, 0.25) is 0 Å². The first kappa shape index (κ1) is 22.6. The standard InChI is InChI=1S/C32H14Cl4O2/c33-23-5-1-3-19-29(23)25(35)13-21-17-9-7-15(11-27(17)37-31(19)21)16-8-10-18-22-14-26(36)30-20(4-2-6-24(30)34)32(22)38-28(18)12-16/h1-14H. The maximum atomic E-state index is 6.62. The van der Waals surface area contributed by atoms with Crippen molar-refractivity contribution in [2.75, 3.05) is 0 Å². The normalized spacial score (nSPS) is 12.2. The van der Waals surface area contributed by atoms with Crippen molar-refractivity contribution in [3.05, 3.63) is 105 Å². The van der Waals surface area contributed by atoms with Crippen LogP contribution in [-0.2, 0) is 0 Å². The van der Waals surface area contributed by atoms with Crippen molar-refractivity contribution >= 4 is 112 Å². The van der Waals surface area contributed by atoms with E-state index in [1.165, 1.54) is 0 Å². The summed E-state index contributed by atoms with van der Waals surface area (Å²) in [6.07, 6.45) is 0. The van der Waals surface area contributed by atoms with E-state index < -0.39 is 0 Å². The summed E-state index contributed by atoms with van der Waals surface area (Å²) in [6, 6.07) is 27.7. The van der Waals surface area contributed by atoms with Crippen molar-refractivity contribution in [2.24, 2.45) is 0 Å². The first-order valence-electron chi connectivity index (χ1n) is 11.9. The average molecular weight is 572 g/mol. The lowest BCUT2D eigenvalue weighted by atomic mass is 10.0. The van der Waals surface area contributed by atoms with Gasteiger partial charge in [-0.3, -0.25) is 0 Å². The molecule has 6 aromatic carbocycles. The smallest absolute Gasteiger partial charge is 0.143 e. The third-order valence-electron chi connectivity index (χ3n) is 7.33. The Morgan fingerprint density at radius 3 is 1.29 bits per heavy atom. The number of fused-ring (bicyclic) bond motifs is 10. The predicted octanol–water partition coefficient (Wildman–Crippen LogP) is 12.1. The van der Waals surface area contributed by atoms with Gasteiger partial charge < -0.3 is 8.83 Å². The van der Waals surface area contributed by atoms with Gasteiger partial charge in [-0.15, -0.1) is 0 Å². The van der Waals surface area contributed by atoms with Crippen LogP contribution >= 0.6 is 46.4 Å². The zero-order valence-corrected chi connectivity index (χ0v) is 22.4. The second kappa shape index (κ2) is 8.05. The molecule has 0 saturated heterocycles. The molecule has 0 bridgehead atoms. The van der Waals surface area contributed by atoms with Crippen LogP contribution < -0.4 is 0 Å². The van der Waals surface area contributed by atoms with Gasteiger partial charge in [0, 0.05) is 43.1 Å². The number of rotatable bonds is 1. The quantitative estimate of drug-likeness (QED) is 0.196. The minimum Gasteiger partial charge on any atom is -0.455 e. The summed E-state index contributed by atoms with van der Waals surface area (Å²) in [6.45, 7) is 0. The van der Waals surface area contributed by atoms with Crippen molar-refractivity contribution in [2.45, 2.75) is 0 Å². The summed E-state index contributed by atoms with van der Waals surface area (Å²) in [5.74, 6) is 0. The summed E-state index contributed by atoms with van der Waals surface area (Å²) >= 11 is 26.1. The third kappa shape index (κ3) is 3.09. The Bertz CT molecular complexity index is 2130. The molecule has 0 N–H and O–H groups in total. The van der Waals surface area contributed by atoms with Crippen molar-refractivity contribution in [3.8, 4) is 11.1 Å². The van der Waals surface area contributed by atoms with E-state index >= 15 is 0 Å². The van der Waals surface area contributed by atoms with Crippen LogP contribution in [0.3, 0.4) is 0 Å². The predicted molar refractivity (Wildman–Crippen MR) is 161 cm³/mol. The molecule has 0 aliphatic rings. The van der Waals surface area contributed by atoms with Gasteiger partial charge in [0.15, 0.2) is 0 Å². The molecule has 8 rings (SSSR count). The van der Waals surface area contributed by atoms with Gasteiger partial charge in [-0.05, 0) is 59.7 Å². The first-order chi connectivity index (χ1) is 18.5. The second-order valence-electron chi connectivity index (χ2n) is 9.42. The van der Waals surface area contributed by atoms with Crippen LogP contribution in [0, 0.1) is 0 Å². The van der Waals surface area contributed by atoms with E-state index in [9.17, 15) is 0 Å². The molecule has 0 unspecified atom stereocenters. The molecule has 2 nitrogen and oxygen atoms in total. The van der Waals surface area contributed by atoms with E-state index in [4.69, 9.17) is 55.2 Å². The highest BCUT2D eigenvalue weighted by atomic mass is 35.5. The van der Waals surface area contributed by atoms with E-state index in [-0.39, 0.29) is 0 Å². The van der Waals surface area contributed by atoms with Gasteiger partial charge in [0.1, 0.15) is 22.3 Å². The molecule has 38 heavy (non-hydrogen) atoms. The van der Waals surface area contributed by atoms with Crippen molar-refractivity contribution in [3.63, 3.8) is 0 Å². The van der Waals surface area contributed by atoms with Gasteiger partial charge in [-0.2, -0.15) is 0 Å². The molecular weight excluding hydrogens is 558 g/mol. The Morgan fingerprint density at radius 1 is 0.395 bits per heavy atom. The fourth-order valence-corrected chi connectivity index (χ4v) is 6.86. The molecule has 0 fully saturated rings. The minimum absolute atomic E-state index is 0.603. The van der Waals surface area contributed by atoms with Gasteiger partial charge >= 0.3 is 0 Å². The Hall–Kier alpha value is -3.40. The van der Waals surface area contributed by atoms with Crippen LogP contribution in [0.4, 0.5) is 0 Å². The number of benzene rings is 6. The number of furan rings is 2. The summed E-state index contributed by atoms with van der Waals surface area (Å²) in [7, 11) is 0. The number of hydrogen-bond acceptors (Lipinski definition) is 2. The Balaban J connectivity index is 1.33. The van der Waals surface area contributed by atoms with Crippen LogP contribution in [-0.4, -0.2) is 0 Å². The molecule has 2 aromatic heterocycles. The molecular formula is C32H14Cl4O2. The van der Waals surface area contributed by atoms with Crippen LogP contribution in [0.25, 0.3) is 76.5 Å². The molecule has 0 amide bonds. The molecule has 2 heterocycles. The van der Waals surface area contributed by atoms with E-state index in [1.807, 2.05) is 48.5 Å². The lowest BCUT2D eigenvalue weighted by Crippen LogP contribution is -1.79. The summed E-state index contributed by atoms with van der Waals surface area (Å²) < 4.78 is 12.8. The van der Waals surface area contributed by atoms with Crippen LogP contribution in [0.2, 0.25) is 20.1 Å². The van der Waals surface area contributed by atoms with Crippen LogP contribution in [0.15, 0.2) is 93.8 Å². The minimum atomic E-state index is 0.603. The second-order valence-corrected chi connectivity index (χ2v) is 11.0. The monoisotopic (exact) mass is 570 g/mol. The zero-order valence-electron chi connectivity index (χ0n) is 19.4. The Labute approximate surface area is 235 Å². The highest BCUT2D eigenvalue weighted by Crippen LogP contribution is 2.43.